The fraction of sp³-hybridized carbons (Fsp3) is 0.375. The molecule has 102 valence electrons. The van der Waals surface area contributed by atoms with E-state index in [1.807, 2.05) is 24.3 Å². The minimum atomic E-state index is 0.568. The molecule has 4 nitrogen and oxygen atoms in total. The Kier molecular flexibility index (Phi) is 2.46. The van der Waals surface area contributed by atoms with Crippen LogP contribution in [0.1, 0.15) is 26.2 Å². The van der Waals surface area contributed by atoms with Gasteiger partial charge in [-0.15, -0.1) is 0 Å². The van der Waals surface area contributed by atoms with Gasteiger partial charge < -0.3 is 9.80 Å². The highest BCUT2D eigenvalue weighted by Gasteiger charge is 2.41. The predicted octanol–water partition coefficient (Wildman–Crippen LogP) is 3.30. The average molecular weight is 266 g/mol. The van der Waals surface area contributed by atoms with Crippen molar-refractivity contribution >= 4 is 22.7 Å². The van der Waals surface area contributed by atoms with Crippen LogP contribution < -0.4 is 9.80 Å². The van der Waals surface area contributed by atoms with E-state index in [0.29, 0.717) is 6.04 Å². The number of hydrogen-bond acceptors (Lipinski definition) is 4. The second-order valence-electron chi connectivity index (χ2n) is 5.53. The molecule has 1 aliphatic carbocycles. The number of benzene rings is 1. The van der Waals surface area contributed by atoms with Crippen molar-refractivity contribution in [2.24, 2.45) is 0 Å². The van der Waals surface area contributed by atoms with Crippen LogP contribution in [0.4, 0.5) is 11.6 Å². The Labute approximate surface area is 118 Å². The van der Waals surface area contributed by atoms with E-state index in [4.69, 9.17) is 9.97 Å². The van der Waals surface area contributed by atoms with Crippen LogP contribution in [0.2, 0.25) is 0 Å². The summed E-state index contributed by atoms with van der Waals surface area (Å²) in [5.41, 5.74) is 1.92. The van der Waals surface area contributed by atoms with E-state index in [1.165, 1.54) is 12.8 Å². The monoisotopic (exact) mass is 266 g/mol. The number of para-hydroxylation sites is 2. The van der Waals surface area contributed by atoms with Crippen molar-refractivity contribution in [1.29, 1.82) is 0 Å². The maximum absolute atomic E-state index is 4.84. The molecule has 0 atom stereocenters. The number of rotatable bonds is 3. The second kappa shape index (κ2) is 4.20. The first-order valence-electron chi connectivity index (χ1n) is 7.32. The molecule has 0 radical (unpaired) electrons. The lowest BCUT2D eigenvalue weighted by Gasteiger charge is -2.22. The molecule has 2 aromatic rings. The third-order valence-electron chi connectivity index (χ3n) is 3.97. The minimum absolute atomic E-state index is 0.568. The summed E-state index contributed by atoms with van der Waals surface area (Å²) in [7, 11) is 0. The molecule has 1 aromatic carbocycles. The number of hydrogen-bond donors (Lipinski definition) is 0. The third kappa shape index (κ3) is 1.60. The maximum atomic E-state index is 4.84. The molecule has 0 unspecified atom stereocenters. The lowest BCUT2D eigenvalue weighted by atomic mass is 10.3. The fourth-order valence-electron chi connectivity index (χ4n) is 2.87. The Morgan fingerprint density at radius 3 is 2.40 bits per heavy atom. The molecule has 1 saturated carbocycles. The number of anilines is 2. The predicted molar refractivity (Wildman–Crippen MR) is 81.8 cm³/mol. The largest absolute Gasteiger partial charge is 0.310 e. The van der Waals surface area contributed by atoms with Crippen molar-refractivity contribution in [1.82, 2.24) is 9.97 Å². The smallest absolute Gasteiger partial charge is 0.178 e. The highest BCUT2D eigenvalue weighted by atomic mass is 15.5. The summed E-state index contributed by atoms with van der Waals surface area (Å²) in [5, 5.41) is 0. The molecule has 4 rings (SSSR count). The van der Waals surface area contributed by atoms with Crippen molar-refractivity contribution in [3.63, 3.8) is 0 Å². The zero-order chi connectivity index (χ0) is 13.7. The summed E-state index contributed by atoms with van der Waals surface area (Å²) in [4.78, 5) is 14.2. The molecule has 1 aliphatic heterocycles. The van der Waals surface area contributed by atoms with Gasteiger partial charge in [0.05, 0.1) is 11.0 Å². The van der Waals surface area contributed by atoms with Gasteiger partial charge in [0.25, 0.3) is 0 Å². The van der Waals surface area contributed by atoms with Gasteiger partial charge in [-0.3, -0.25) is 0 Å². The van der Waals surface area contributed by atoms with Crippen molar-refractivity contribution in [3.05, 3.63) is 36.7 Å². The van der Waals surface area contributed by atoms with E-state index in [0.717, 1.165) is 41.5 Å². The lowest BCUT2D eigenvalue weighted by Crippen LogP contribution is -2.29. The molecule has 0 bridgehead atoms. The van der Waals surface area contributed by atoms with E-state index < -0.39 is 0 Å². The number of fused-ring (bicyclic) bond motifs is 2. The van der Waals surface area contributed by atoms with Crippen molar-refractivity contribution in [2.45, 2.75) is 32.2 Å². The van der Waals surface area contributed by atoms with Crippen LogP contribution in [0.15, 0.2) is 36.7 Å². The first-order chi connectivity index (χ1) is 9.79. The summed E-state index contributed by atoms with van der Waals surface area (Å²) < 4.78 is 0. The van der Waals surface area contributed by atoms with Gasteiger partial charge in [-0.25, -0.2) is 9.97 Å². The summed E-state index contributed by atoms with van der Waals surface area (Å²) >= 11 is 0. The van der Waals surface area contributed by atoms with E-state index in [1.54, 1.807) is 0 Å². The highest BCUT2D eigenvalue weighted by molar-refractivity contribution is 5.86. The van der Waals surface area contributed by atoms with Crippen molar-refractivity contribution < 1.29 is 0 Å². The molecule has 1 aromatic heterocycles. The molecule has 2 heterocycles. The van der Waals surface area contributed by atoms with Gasteiger partial charge >= 0.3 is 0 Å². The SMILES string of the molecule is C=C1N(CCC)c2nc3ccccc3nc2N1C1CC1. The highest BCUT2D eigenvalue weighted by Crippen LogP contribution is 2.45. The quantitative estimate of drug-likeness (QED) is 0.853. The Hall–Kier alpha value is -2.10. The fourth-order valence-corrected chi connectivity index (χ4v) is 2.87. The van der Waals surface area contributed by atoms with Crippen LogP contribution in [-0.4, -0.2) is 22.6 Å². The van der Waals surface area contributed by atoms with Gasteiger partial charge in [0.2, 0.25) is 0 Å². The molecule has 1 fully saturated rings. The van der Waals surface area contributed by atoms with Gasteiger partial charge in [0, 0.05) is 12.6 Å². The molecule has 0 amide bonds. The Morgan fingerprint density at radius 2 is 1.80 bits per heavy atom. The first-order valence-corrected chi connectivity index (χ1v) is 7.32. The molecule has 0 spiro atoms. The second-order valence-corrected chi connectivity index (χ2v) is 5.53. The van der Waals surface area contributed by atoms with E-state index in [-0.39, 0.29) is 0 Å². The summed E-state index contributed by atoms with van der Waals surface area (Å²) in [6, 6.07) is 8.64. The van der Waals surface area contributed by atoms with Gasteiger partial charge in [-0.1, -0.05) is 25.6 Å². The zero-order valence-corrected chi connectivity index (χ0v) is 11.7. The van der Waals surface area contributed by atoms with Gasteiger partial charge in [0.1, 0.15) is 5.82 Å². The summed E-state index contributed by atoms with van der Waals surface area (Å²) in [6.07, 6.45) is 3.53. The van der Waals surface area contributed by atoms with E-state index in [2.05, 4.69) is 23.3 Å². The Morgan fingerprint density at radius 1 is 1.15 bits per heavy atom. The number of nitrogens with zero attached hydrogens (tertiary/aromatic N) is 4. The molecule has 0 saturated heterocycles. The zero-order valence-electron chi connectivity index (χ0n) is 11.7. The van der Waals surface area contributed by atoms with Gasteiger partial charge in [0.15, 0.2) is 11.6 Å². The van der Waals surface area contributed by atoms with Crippen LogP contribution in [0.25, 0.3) is 11.0 Å². The first kappa shape index (κ1) is 11.7. The van der Waals surface area contributed by atoms with Crippen LogP contribution >= 0.6 is 0 Å². The summed E-state index contributed by atoms with van der Waals surface area (Å²) in [6.45, 7) is 7.40. The molecule has 4 heteroatoms. The van der Waals surface area contributed by atoms with Gasteiger partial charge in [-0.05, 0) is 31.4 Å². The van der Waals surface area contributed by atoms with Gasteiger partial charge in [-0.2, -0.15) is 0 Å². The van der Waals surface area contributed by atoms with E-state index in [9.17, 15) is 0 Å². The van der Waals surface area contributed by atoms with Crippen molar-refractivity contribution in [3.8, 4) is 0 Å². The van der Waals surface area contributed by atoms with Crippen molar-refractivity contribution in [2.75, 3.05) is 16.3 Å². The van der Waals surface area contributed by atoms with Crippen LogP contribution in [0.3, 0.4) is 0 Å². The topological polar surface area (TPSA) is 32.3 Å². The molecular weight excluding hydrogens is 248 g/mol. The summed E-state index contributed by atoms with van der Waals surface area (Å²) in [5.74, 6) is 3.01. The normalized spacial score (nSPS) is 17.9. The average Bonchev–Trinajstić information content (AvgIpc) is 3.25. The lowest BCUT2D eigenvalue weighted by molar-refractivity contribution is 0.817. The maximum Gasteiger partial charge on any atom is 0.178 e. The third-order valence-corrected chi connectivity index (χ3v) is 3.97. The van der Waals surface area contributed by atoms with Crippen LogP contribution in [-0.2, 0) is 0 Å². The van der Waals surface area contributed by atoms with Crippen LogP contribution in [0, 0.1) is 0 Å². The molecule has 20 heavy (non-hydrogen) atoms. The molecule has 0 N–H and O–H groups in total. The Bertz CT molecular complexity index is 690. The molecular formula is C16H18N4. The van der Waals surface area contributed by atoms with E-state index >= 15 is 0 Å². The number of aromatic nitrogens is 2. The standard InChI is InChI=1S/C16H18N4/c1-3-10-19-11(2)20(12-8-9-12)16-15(19)17-13-6-4-5-7-14(13)18-16/h4-7,12H,2-3,8-10H2,1H3. The molecule has 2 aliphatic rings. The Balaban J connectivity index is 1.91. The van der Waals surface area contributed by atoms with Crippen LogP contribution in [0.5, 0.6) is 0 Å². The minimum Gasteiger partial charge on any atom is -0.310 e.